The summed E-state index contributed by atoms with van der Waals surface area (Å²) in [5, 5.41) is 2.91. The molecule has 1 aliphatic heterocycles. The van der Waals surface area contributed by atoms with Crippen molar-refractivity contribution in [2.45, 2.75) is 13.0 Å². The number of carbonyl (C=O) groups is 1. The van der Waals surface area contributed by atoms with Gasteiger partial charge in [0.2, 0.25) is 5.89 Å². The molecule has 1 amide bonds. The van der Waals surface area contributed by atoms with Crippen molar-refractivity contribution in [1.29, 1.82) is 0 Å². The molecule has 0 radical (unpaired) electrons. The van der Waals surface area contributed by atoms with Gasteiger partial charge in [0.25, 0.3) is 5.91 Å². The maximum atomic E-state index is 12.5. The lowest BCUT2D eigenvalue weighted by Crippen LogP contribution is -2.31. The van der Waals surface area contributed by atoms with Crippen LogP contribution in [0.4, 0.5) is 0 Å². The van der Waals surface area contributed by atoms with E-state index in [1.807, 2.05) is 61.5 Å². The number of fused-ring (bicyclic) bond motifs is 2. The first kappa shape index (κ1) is 14.5. The van der Waals surface area contributed by atoms with Crippen LogP contribution >= 0.6 is 0 Å². The minimum Gasteiger partial charge on any atom is -0.488 e. The predicted octanol–water partition coefficient (Wildman–Crippen LogP) is 3.48. The van der Waals surface area contributed by atoms with Gasteiger partial charge in [-0.15, -0.1) is 0 Å². The average Bonchev–Trinajstić information content (AvgIpc) is 3.05. The summed E-state index contributed by atoms with van der Waals surface area (Å²) in [6.07, 6.45) is 1.85. The smallest absolute Gasteiger partial charge is 0.251 e. The highest BCUT2D eigenvalue weighted by molar-refractivity contribution is 5.99. The molecule has 1 N–H and O–H groups in total. The largest absolute Gasteiger partial charge is 0.488 e. The van der Waals surface area contributed by atoms with Crippen LogP contribution in [-0.4, -0.2) is 17.5 Å². The third kappa shape index (κ3) is 2.65. The number of hydrogen-bond acceptors (Lipinski definition) is 4. The number of oxazole rings is 1. The molecule has 3 aromatic rings. The molecule has 1 atom stereocenters. The Balaban J connectivity index is 1.52. The number of nitrogens with one attached hydrogen (secondary N) is 1. The van der Waals surface area contributed by atoms with Crippen LogP contribution in [0.5, 0.6) is 5.75 Å². The summed E-state index contributed by atoms with van der Waals surface area (Å²) >= 11 is 0. The summed E-state index contributed by atoms with van der Waals surface area (Å²) in [7, 11) is 0. The van der Waals surface area contributed by atoms with Crippen molar-refractivity contribution >= 4 is 23.1 Å². The molecule has 0 bridgehead atoms. The number of hydrogen-bond donors (Lipinski definition) is 1. The lowest BCUT2D eigenvalue weighted by Gasteiger charge is -2.18. The second-order valence-corrected chi connectivity index (χ2v) is 5.71. The molecule has 4 rings (SSSR count). The van der Waals surface area contributed by atoms with Gasteiger partial charge in [0.1, 0.15) is 23.9 Å². The molecule has 5 heteroatoms. The molecule has 0 aliphatic carbocycles. The van der Waals surface area contributed by atoms with E-state index in [1.165, 1.54) is 0 Å². The highest BCUT2D eigenvalue weighted by Crippen LogP contribution is 2.26. The standard InChI is InChI=1S/C19H16N2O3/c1-12(19-21-15-7-3-5-9-17(15)24-19)20-18(22)14-10-13-6-2-4-8-16(13)23-11-14/h2-10,12H,11H2,1H3,(H,20,22). The van der Waals surface area contributed by atoms with Crippen molar-refractivity contribution in [3.63, 3.8) is 0 Å². The zero-order valence-electron chi connectivity index (χ0n) is 13.2. The van der Waals surface area contributed by atoms with Crippen molar-refractivity contribution in [1.82, 2.24) is 10.3 Å². The van der Waals surface area contributed by atoms with Crippen LogP contribution in [0.2, 0.25) is 0 Å². The summed E-state index contributed by atoms with van der Waals surface area (Å²) in [5.74, 6) is 1.10. The number of aromatic nitrogens is 1. The van der Waals surface area contributed by atoms with Crippen LogP contribution in [0.1, 0.15) is 24.4 Å². The number of carbonyl (C=O) groups excluding carboxylic acids is 1. The number of amides is 1. The molecule has 0 saturated carbocycles. The SMILES string of the molecule is CC(NC(=O)C1=Cc2ccccc2OC1)c1nc2ccccc2o1. The van der Waals surface area contributed by atoms with E-state index in [0.717, 1.165) is 16.8 Å². The Kier molecular flexibility index (Phi) is 3.54. The normalized spacial score (nSPS) is 14.5. The highest BCUT2D eigenvalue weighted by Gasteiger charge is 2.21. The van der Waals surface area contributed by atoms with Crippen molar-refractivity contribution in [3.8, 4) is 5.75 Å². The Morgan fingerprint density at radius 1 is 1.17 bits per heavy atom. The summed E-state index contributed by atoms with van der Waals surface area (Å²) in [5.41, 5.74) is 2.98. The number of nitrogens with zero attached hydrogens (tertiary/aromatic N) is 1. The fraction of sp³-hybridized carbons (Fsp3) is 0.158. The lowest BCUT2D eigenvalue weighted by atomic mass is 10.1. The monoisotopic (exact) mass is 320 g/mol. The number of rotatable bonds is 3. The molecule has 0 spiro atoms. The van der Waals surface area contributed by atoms with E-state index in [-0.39, 0.29) is 18.6 Å². The Bertz CT molecular complexity index is 909. The minimum atomic E-state index is -0.331. The van der Waals surface area contributed by atoms with Crippen molar-refractivity contribution in [2.75, 3.05) is 6.61 Å². The average molecular weight is 320 g/mol. The zero-order valence-corrected chi connectivity index (χ0v) is 13.2. The summed E-state index contributed by atoms with van der Waals surface area (Å²) in [6, 6.07) is 14.8. The van der Waals surface area contributed by atoms with Crippen LogP contribution in [0.25, 0.3) is 17.2 Å². The quantitative estimate of drug-likeness (QED) is 0.802. The van der Waals surface area contributed by atoms with Gasteiger partial charge in [-0.05, 0) is 31.2 Å². The van der Waals surface area contributed by atoms with Crippen LogP contribution in [0, 0.1) is 0 Å². The first-order valence-corrected chi connectivity index (χ1v) is 7.79. The molecule has 1 unspecified atom stereocenters. The van der Waals surface area contributed by atoms with Crippen molar-refractivity contribution in [3.05, 3.63) is 65.6 Å². The van der Waals surface area contributed by atoms with Crippen molar-refractivity contribution in [2.24, 2.45) is 0 Å². The van der Waals surface area contributed by atoms with Gasteiger partial charge in [0.05, 0.1) is 5.57 Å². The maximum absolute atomic E-state index is 12.5. The number of ether oxygens (including phenoxy) is 1. The van der Waals surface area contributed by atoms with E-state index < -0.39 is 0 Å². The summed E-state index contributed by atoms with van der Waals surface area (Å²) < 4.78 is 11.3. The van der Waals surface area contributed by atoms with Gasteiger partial charge in [-0.3, -0.25) is 4.79 Å². The lowest BCUT2D eigenvalue weighted by molar-refractivity contribution is -0.118. The van der Waals surface area contributed by atoms with E-state index in [9.17, 15) is 4.79 Å². The van der Waals surface area contributed by atoms with E-state index in [4.69, 9.17) is 9.15 Å². The van der Waals surface area contributed by atoms with Crippen LogP contribution < -0.4 is 10.1 Å². The number of para-hydroxylation sites is 3. The van der Waals surface area contributed by atoms with Gasteiger partial charge in [0, 0.05) is 5.56 Å². The van der Waals surface area contributed by atoms with Gasteiger partial charge in [-0.1, -0.05) is 30.3 Å². The Hall–Kier alpha value is -3.08. The highest BCUT2D eigenvalue weighted by atomic mass is 16.5. The van der Waals surface area contributed by atoms with Gasteiger partial charge in [-0.2, -0.15) is 0 Å². The Morgan fingerprint density at radius 3 is 2.83 bits per heavy atom. The van der Waals surface area contributed by atoms with Gasteiger partial charge >= 0.3 is 0 Å². The third-order valence-corrected chi connectivity index (χ3v) is 3.95. The molecule has 2 heterocycles. The Morgan fingerprint density at radius 2 is 1.96 bits per heavy atom. The molecule has 5 nitrogen and oxygen atoms in total. The predicted molar refractivity (Wildman–Crippen MR) is 90.5 cm³/mol. The fourth-order valence-corrected chi connectivity index (χ4v) is 2.67. The van der Waals surface area contributed by atoms with E-state index >= 15 is 0 Å². The molecular formula is C19H16N2O3. The first-order valence-electron chi connectivity index (χ1n) is 7.79. The maximum Gasteiger partial charge on any atom is 0.251 e. The van der Waals surface area contributed by atoms with Gasteiger partial charge in [-0.25, -0.2) is 4.98 Å². The van der Waals surface area contributed by atoms with Gasteiger partial charge in [0.15, 0.2) is 5.58 Å². The molecule has 0 fully saturated rings. The fourth-order valence-electron chi connectivity index (χ4n) is 2.67. The van der Waals surface area contributed by atoms with Crippen LogP contribution in [-0.2, 0) is 4.79 Å². The molecule has 120 valence electrons. The van der Waals surface area contributed by atoms with E-state index in [1.54, 1.807) is 0 Å². The summed E-state index contributed by atoms with van der Waals surface area (Å²) in [4.78, 5) is 16.9. The van der Waals surface area contributed by atoms with Crippen LogP contribution in [0.15, 0.2) is 58.5 Å². The molecule has 0 saturated heterocycles. The zero-order chi connectivity index (χ0) is 16.5. The molecule has 24 heavy (non-hydrogen) atoms. The van der Waals surface area contributed by atoms with Gasteiger partial charge < -0.3 is 14.5 Å². The minimum absolute atomic E-state index is 0.181. The van der Waals surface area contributed by atoms with E-state index in [0.29, 0.717) is 17.0 Å². The molecular weight excluding hydrogens is 304 g/mol. The summed E-state index contributed by atoms with van der Waals surface area (Å²) in [6.45, 7) is 2.10. The second kappa shape index (κ2) is 5.85. The van der Waals surface area contributed by atoms with E-state index in [2.05, 4.69) is 10.3 Å². The third-order valence-electron chi connectivity index (χ3n) is 3.95. The van der Waals surface area contributed by atoms with Crippen molar-refractivity contribution < 1.29 is 13.9 Å². The first-order chi connectivity index (χ1) is 11.7. The van der Waals surface area contributed by atoms with Crippen LogP contribution in [0.3, 0.4) is 0 Å². The molecule has 1 aromatic heterocycles. The second-order valence-electron chi connectivity index (χ2n) is 5.71. The number of benzene rings is 2. The Labute approximate surface area is 139 Å². The molecule has 2 aromatic carbocycles. The molecule has 1 aliphatic rings. The topological polar surface area (TPSA) is 64.4 Å².